The van der Waals surface area contributed by atoms with Crippen LogP contribution in [-0.2, 0) is 0 Å². The molecule has 1 aromatic heterocycles. The second-order valence-corrected chi connectivity index (χ2v) is 11.9. The Labute approximate surface area is 251 Å². The molecule has 0 fully saturated rings. The van der Waals surface area contributed by atoms with Gasteiger partial charge in [0.25, 0.3) is 0 Å². The molecule has 6 aromatic rings. The van der Waals surface area contributed by atoms with Crippen LogP contribution in [-0.4, -0.2) is 0 Å². The predicted molar refractivity (Wildman–Crippen MR) is 180 cm³/mol. The van der Waals surface area contributed by atoms with Gasteiger partial charge in [-0.2, -0.15) is 0 Å². The zero-order chi connectivity index (χ0) is 28.3. The minimum Gasteiger partial charge on any atom is -0.456 e. The molecule has 3 atom stereocenters. The molecule has 3 aliphatic carbocycles. The lowest BCUT2D eigenvalue weighted by molar-refractivity contribution is 0.419. The summed E-state index contributed by atoms with van der Waals surface area (Å²) in [6.45, 7) is 0. The Balaban J connectivity index is 1.27. The summed E-state index contributed by atoms with van der Waals surface area (Å²) in [7, 11) is 0. The summed E-state index contributed by atoms with van der Waals surface area (Å²) in [5, 5.41) is 4.92. The molecule has 0 saturated carbocycles. The molecule has 3 aliphatic rings. The third-order valence-corrected chi connectivity index (χ3v) is 9.72. The molecule has 1 heteroatoms. The van der Waals surface area contributed by atoms with Crippen LogP contribution in [0.25, 0.3) is 49.4 Å². The SMILES string of the molecule is C1=CCC2C(=C1)C(c1cc3oc4ccccc4c3c3ccccc13)=C1C=CC=CC1C2c1ccc(-c2ccccc2)cc1. The molecule has 204 valence electrons. The van der Waals surface area contributed by atoms with Crippen molar-refractivity contribution in [3.05, 3.63) is 174 Å². The zero-order valence-electron chi connectivity index (χ0n) is 23.8. The van der Waals surface area contributed by atoms with Gasteiger partial charge in [-0.3, -0.25) is 0 Å². The maximum atomic E-state index is 6.51. The van der Waals surface area contributed by atoms with Gasteiger partial charge in [-0.15, -0.1) is 0 Å². The molecule has 1 heterocycles. The van der Waals surface area contributed by atoms with Crippen LogP contribution in [0.5, 0.6) is 0 Å². The molecule has 0 radical (unpaired) electrons. The summed E-state index contributed by atoms with van der Waals surface area (Å²) in [5.74, 6) is 1.04. The van der Waals surface area contributed by atoms with Gasteiger partial charge in [0.05, 0.1) is 0 Å². The van der Waals surface area contributed by atoms with Crippen LogP contribution < -0.4 is 0 Å². The summed E-state index contributed by atoms with van der Waals surface area (Å²) >= 11 is 0. The lowest BCUT2D eigenvalue weighted by Crippen LogP contribution is -2.30. The fourth-order valence-corrected chi connectivity index (χ4v) is 7.87. The molecule has 5 aromatic carbocycles. The van der Waals surface area contributed by atoms with Gasteiger partial charge in [-0.05, 0) is 74.2 Å². The lowest BCUT2D eigenvalue weighted by Gasteiger charge is -2.43. The van der Waals surface area contributed by atoms with Gasteiger partial charge in [0.1, 0.15) is 11.2 Å². The van der Waals surface area contributed by atoms with Gasteiger partial charge in [0.15, 0.2) is 0 Å². The van der Waals surface area contributed by atoms with E-state index in [1.807, 2.05) is 0 Å². The Kier molecular flexibility index (Phi) is 5.52. The molecule has 3 unspecified atom stereocenters. The first-order valence-electron chi connectivity index (χ1n) is 15.3. The van der Waals surface area contributed by atoms with E-state index in [9.17, 15) is 0 Å². The van der Waals surface area contributed by atoms with Crippen molar-refractivity contribution in [3.63, 3.8) is 0 Å². The average molecular weight is 551 g/mol. The third-order valence-electron chi connectivity index (χ3n) is 9.72. The first kappa shape index (κ1) is 24.5. The van der Waals surface area contributed by atoms with Crippen LogP contribution in [0.2, 0.25) is 0 Å². The van der Waals surface area contributed by atoms with E-state index in [-0.39, 0.29) is 0 Å². The number of allylic oxidation sites excluding steroid dienone is 10. The van der Waals surface area contributed by atoms with E-state index in [1.165, 1.54) is 60.5 Å². The zero-order valence-corrected chi connectivity index (χ0v) is 23.8. The molecular weight excluding hydrogens is 520 g/mol. The first-order valence-corrected chi connectivity index (χ1v) is 15.3. The second kappa shape index (κ2) is 9.71. The molecule has 43 heavy (non-hydrogen) atoms. The van der Waals surface area contributed by atoms with Crippen LogP contribution in [0.4, 0.5) is 0 Å². The van der Waals surface area contributed by atoms with Crippen LogP contribution in [0.1, 0.15) is 23.5 Å². The summed E-state index contributed by atoms with van der Waals surface area (Å²) in [5.41, 5.74) is 11.3. The number of fused-ring (bicyclic) bond motifs is 7. The highest BCUT2D eigenvalue weighted by Gasteiger charge is 2.41. The first-order chi connectivity index (χ1) is 21.3. The minimum absolute atomic E-state index is 0.293. The smallest absolute Gasteiger partial charge is 0.136 e. The van der Waals surface area contributed by atoms with Crippen molar-refractivity contribution in [1.82, 2.24) is 0 Å². The molecule has 9 rings (SSSR count). The summed E-state index contributed by atoms with van der Waals surface area (Å²) in [4.78, 5) is 0. The molecular formula is C42H30O. The molecule has 0 bridgehead atoms. The van der Waals surface area contributed by atoms with Crippen molar-refractivity contribution >= 4 is 38.3 Å². The Morgan fingerprint density at radius 2 is 1.37 bits per heavy atom. The van der Waals surface area contributed by atoms with Crippen LogP contribution in [0.3, 0.4) is 0 Å². The van der Waals surface area contributed by atoms with E-state index in [0.717, 1.165) is 17.6 Å². The van der Waals surface area contributed by atoms with Gasteiger partial charge in [-0.1, -0.05) is 140 Å². The normalized spacial score (nSPS) is 20.9. The Hall–Kier alpha value is -5.14. The van der Waals surface area contributed by atoms with Gasteiger partial charge in [0.2, 0.25) is 0 Å². The fourth-order valence-electron chi connectivity index (χ4n) is 7.87. The number of para-hydroxylation sites is 1. The van der Waals surface area contributed by atoms with E-state index >= 15 is 0 Å². The topological polar surface area (TPSA) is 13.1 Å². The van der Waals surface area contributed by atoms with Gasteiger partial charge >= 0.3 is 0 Å². The number of furan rings is 1. The van der Waals surface area contributed by atoms with E-state index in [4.69, 9.17) is 4.42 Å². The quantitative estimate of drug-likeness (QED) is 0.214. The monoisotopic (exact) mass is 550 g/mol. The third kappa shape index (κ3) is 3.78. The Bertz CT molecular complexity index is 2200. The molecule has 0 spiro atoms. The van der Waals surface area contributed by atoms with Gasteiger partial charge in [0, 0.05) is 22.6 Å². The van der Waals surface area contributed by atoms with E-state index < -0.39 is 0 Å². The predicted octanol–water partition coefficient (Wildman–Crippen LogP) is 11.2. The van der Waals surface area contributed by atoms with Gasteiger partial charge < -0.3 is 4.42 Å². The summed E-state index contributed by atoms with van der Waals surface area (Å²) in [6, 6.07) is 39.6. The number of hydrogen-bond donors (Lipinski definition) is 0. The largest absolute Gasteiger partial charge is 0.456 e. The molecule has 0 saturated heterocycles. The highest BCUT2D eigenvalue weighted by atomic mass is 16.3. The van der Waals surface area contributed by atoms with Crippen molar-refractivity contribution in [2.45, 2.75) is 12.3 Å². The van der Waals surface area contributed by atoms with Crippen molar-refractivity contribution < 1.29 is 4.42 Å². The summed E-state index contributed by atoms with van der Waals surface area (Å²) in [6.07, 6.45) is 17.3. The van der Waals surface area contributed by atoms with Crippen molar-refractivity contribution in [3.8, 4) is 11.1 Å². The van der Waals surface area contributed by atoms with E-state index in [1.54, 1.807) is 0 Å². The van der Waals surface area contributed by atoms with Crippen LogP contribution >= 0.6 is 0 Å². The van der Waals surface area contributed by atoms with E-state index in [0.29, 0.717) is 17.8 Å². The lowest BCUT2D eigenvalue weighted by atomic mass is 9.60. The molecule has 1 nitrogen and oxygen atoms in total. The molecule has 0 aliphatic heterocycles. The highest BCUT2D eigenvalue weighted by molar-refractivity contribution is 6.21. The Morgan fingerprint density at radius 1 is 0.628 bits per heavy atom. The van der Waals surface area contributed by atoms with E-state index in [2.05, 4.69) is 152 Å². The summed E-state index contributed by atoms with van der Waals surface area (Å²) < 4.78 is 6.51. The number of rotatable bonds is 3. The van der Waals surface area contributed by atoms with Crippen molar-refractivity contribution in [2.24, 2.45) is 11.8 Å². The van der Waals surface area contributed by atoms with Crippen molar-refractivity contribution in [2.75, 3.05) is 0 Å². The fraction of sp³-hybridized carbons (Fsp3) is 0.0952. The number of benzene rings is 5. The van der Waals surface area contributed by atoms with Gasteiger partial charge in [-0.25, -0.2) is 0 Å². The number of hydrogen-bond acceptors (Lipinski definition) is 1. The average Bonchev–Trinajstić information content (AvgIpc) is 3.46. The highest BCUT2D eigenvalue weighted by Crippen LogP contribution is 2.56. The van der Waals surface area contributed by atoms with Crippen LogP contribution in [0.15, 0.2) is 167 Å². The Morgan fingerprint density at radius 3 is 2.23 bits per heavy atom. The minimum atomic E-state index is 0.293. The maximum absolute atomic E-state index is 6.51. The second-order valence-electron chi connectivity index (χ2n) is 11.9. The molecule has 0 N–H and O–H groups in total. The maximum Gasteiger partial charge on any atom is 0.136 e. The molecule has 0 amide bonds. The van der Waals surface area contributed by atoms with Crippen LogP contribution in [0, 0.1) is 11.8 Å². The van der Waals surface area contributed by atoms with Crippen molar-refractivity contribution in [1.29, 1.82) is 0 Å². The standard InChI is InChI=1S/C42H30O/c1-2-12-27(13-3-1)28-22-24-29(25-23-28)40-32-16-6-8-18-34(32)41(35-19-9-7-17-33(35)40)37-26-39-42(31-15-5-4-14-30(31)37)36-20-10-11-21-38(36)43-39/h1-16,18-26,32-33,40H,17H2.